The zero-order chi connectivity index (χ0) is 13.7. The van der Waals surface area contributed by atoms with Gasteiger partial charge in [-0.2, -0.15) is 0 Å². The quantitative estimate of drug-likeness (QED) is 0.864. The molecule has 0 aliphatic rings. The third kappa shape index (κ3) is 3.72. The lowest BCUT2D eigenvalue weighted by Gasteiger charge is -2.11. The standard InChI is InChI=1S/C16H18ClNO/c1-3-18-11-13-8-9-15(12(2)10-13)19-16-7-5-4-6-14(16)17/h4-10,18H,3,11H2,1-2H3. The number of ether oxygens (including phenoxy) is 1. The van der Waals surface area contributed by atoms with Crippen molar-refractivity contribution >= 4 is 11.6 Å². The van der Waals surface area contributed by atoms with E-state index in [1.807, 2.05) is 37.3 Å². The van der Waals surface area contributed by atoms with Gasteiger partial charge < -0.3 is 10.1 Å². The maximum Gasteiger partial charge on any atom is 0.146 e. The minimum Gasteiger partial charge on any atom is -0.456 e. The van der Waals surface area contributed by atoms with Crippen LogP contribution in [-0.4, -0.2) is 6.54 Å². The van der Waals surface area contributed by atoms with Crippen LogP contribution in [0.15, 0.2) is 42.5 Å². The number of benzene rings is 2. The molecule has 0 saturated heterocycles. The van der Waals surface area contributed by atoms with Crippen LogP contribution < -0.4 is 10.1 Å². The molecular weight excluding hydrogens is 258 g/mol. The molecule has 0 heterocycles. The van der Waals surface area contributed by atoms with Gasteiger partial charge in [0.2, 0.25) is 0 Å². The van der Waals surface area contributed by atoms with Crippen molar-refractivity contribution in [2.24, 2.45) is 0 Å². The molecule has 0 bridgehead atoms. The van der Waals surface area contributed by atoms with Crippen molar-refractivity contribution in [3.63, 3.8) is 0 Å². The first-order chi connectivity index (χ1) is 9.20. The van der Waals surface area contributed by atoms with E-state index in [0.29, 0.717) is 10.8 Å². The topological polar surface area (TPSA) is 21.3 Å². The summed E-state index contributed by atoms with van der Waals surface area (Å²) in [4.78, 5) is 0. The molecule has 2 aromatic rings. The third-order valence-electron chi connectivity index (χ3n) is 2.88. The van der Waals surface area contributed by atoms with Crippen molar-refractivity contribution in [1.29, 1.82) is 0 Å². The van der Waals surface area contributed by atoms with Gasteiger partial charge in [-0.25, -0.2) is 0 Å². The Morgan fingerprint density at radius 1 is 1.11 bits per heavy atom. The number of aryl methyl sites for hydroxylation is 1. The van der Waals surface area contributed by atoms with Crippen LogP contribution in [0.1, 0.15) is 18.1 Å². The molecule has 0 amide bonds. The Hall–Kier alpha value is -1.51. The second-order valence-corrected chi connectivity index (χ2v) is 4.82. The zero-order valence-corrected chi connectivity index (χ0v) is 12.0. The molecule has 0 atom stereocenters. The van der Waals surface area contributed by atoms with Gasteiger partial charge >= 0.3 is 0 Å². The van der Waals surface area contributed by atoms with Crippen LogP contribution in [0.25, 0.3) is 0 Å². The van der Waals surface area contributed by atoms with Gasteiger partial charge in [0.1, 0.15) is 11.5 Å². The summed E-state index contributed by atoms with van der Waals surface area (Å²) in [5.74, 6) is 1.53. The smallest absolute Gasteiger partial charge is 0.146 e. The molecule has 0 aliphatic carbocycles. The molecule has 0 aromatic heterocycles. The van der Waals surface area contributed by atoms with Crippen molar-refractivity contribution in [3.8, 4) is 11.5 Å². The SMILES string of the molecule is CCNCc1ccc(Oc2ccccc2Cl)c(C)c1. The number of hydrogen-bond acceptors (Lipinski definition) is 2. The van der Waals surface area contributed by atoms with Gasteiger partial charge in [-0.15, -0.1) is 0 Å². The average molecular weight is 276 g/mol. The van der Waals surface area contributed by atoms with Crippen molar-refractivity contribution in [2.75, 3.05) is 6.54 Å². The van der Waals surface area contributed by atoms with Crippen LogP contribution in [0.4, 0.5) is 0 Å². The maximum atomic E-state index is 6.09. The van der Waals surface area contributed by atoms with Crippen LogP contribution in [0.5, 0.6) is 11.5 Å². The lowest BCUT2D eigenvalue weighted by atomic mass is 10.1. The molecule has 1 N–H and O–H groups in total. The Morgan fingerprint density at radius 2 is 1.89 bits per heavy atom. The van der Waals surface area contributed by atoms with Gasteiger partial charge in [-0.05, 0) is 42.8 Å². The van der Waals surface area contributed by atoms with E-state index in [-0.39, 0.29) is 0 Å². The molecule has 2 nitrogen and oxygen atoms in total. The summed E-state index contributed by atoms with van der Waals surface area (Å²) in [7, 11) is 0. The highest BCUT2D eigenvalue weighted by molar-refractivity contribution is 6.32. The molecule has 0 fully saturated rings. The second-order valence-electron chi connectivity index (χ2n) is 4.41. The summed E-state index contributed by atoms with van der Waals surface area (Å²) in [6.45, 7) is 5.99. The Labute approximate surface area is 119 Å². The molecule has 19 heavy (non-hydrogen) atoms. The fraction of sp³-hybridized carbons (Fsp3) is 0.250. The summed E-state index contributed by atoms with van der Waals surface area (Å²) >= 11 is 6.09. The predicted octanol–water partition coefficient (Wildman–Crippen LogP) is 4.55. The first-order valence-electron chi connectivity index (χ1n) is 6.43. The first kappa shape index (κ1) is 13.9. The van der Waals surface area contributed by atoms with Crippen LogP contribution in [0.2, 0.25) is 5.02 Å². The third-order valence-corrected chi connectivity index (χ3v) is 3.19. The molecule has 0 unspecified atom stereocenters. The number of para-hydroxylation sites is 1. The second kappa shape index (κ2) is 6.60. The van der Waals surface area contributed by atoms with Crippen molar-refractivity contribution < 1.29 is 4.74 Å². The van der Waals surface area contributed by atoms with Gasteiger partial charge in [0.15, 0.2) is 0 Å². The summed E-state index contributed by atoms with van der Waals surface area (Å²) < 4.78 is 5.85. The first-order valence-corrected chi connectivity index (χ1v) is 6.81. The fourth-order valence-corrected chi connectivity index (χ4v) is 2.03. The van der Waals surface area contributed by atoms with Gasteiger partial charge in [-0.3, -0.25) is 0 Å². The summed E-state index contributed by atoms with van der Waals surface area (Å²) in [6, 6.07) is 13.7. The minimum atomic E-state index is 0.624. The molecule has 100 valence electrons. The van der Waals surface area contributed by atoms with Crippen LogP contribution >= 0.6 is 11.6 Å². The van der Waals surface area contributed by atoms with Crippen molar-refractivity contribution in [1.82, 2.24) is 5.32 Å². The lowest BCUT2D eigenvalue weighted by molar-refractivity contribution is 0.479. The minimum absolute atomic E-state index is 0.624. The van der Waals surface area contributed by atoms with Crippen LogP contribution in [0.3, 0.4) is 0 Å². The fourth-order valence-electron chi connectivity index (χ4n) is 1.85. The van der Waals surface area contributed by atoms with Gasteiger partial charge in [0, 0.05) is 6.54 Å². The maximum absolute atomic E-state index is 6.09. The molecule has 0 spiro atoms. The number of rotatable bonds is 5. The highest BCUT2D eigenvalue weighted by Gasteiger charge is 2.05. The molecule has 0 radical (unpaired) electrons. The molecule has 2 aromatic carbocycles. The monoisotopic (exact) mass is 275 g/mol. The number of nitrogens with one attached hydrogen (secondary N) is 1. The Morgan fingerprint density at radius 3 is 2.58 bits per heavy atom. The van der Waals surface area contributed by atoms with Gasteiger partial charge in [0.25, 0.3) is 0 Å². The van der Waals surface area contributed by atoms with Gasteiger partial charge in [-0.1, -0.05) is 42.8 Å². The molecular formula is C16H18ClNO. The average Bonchev–Trinajstić information content (AvgIpc) is 2.41. The normalized spacial score (nSPS) is 10.5. The van der Waals surface area contributed by atoms with Crippen molar-refractivity contribution in [3.05, 3.63) is 58.6 Å². The van der Waals surface area contributed by atoms with Crippen LogP contribution in [-0.2, 0) is 6.54 Å². The van der Waals surface area contributed by atoms with E-state index in [4.69, 9.17) is 16.3 Å². The lowest BCUT2D eigenvalue weighted by Crippen LogP contribution is -2.11. The molecule has 0 saturated carbocycles. The molecule has 0 aliphatic heterocycles. The van der Waals surface area contributed by atoms with E-state index in [1.54, 1.807) is 0 Å². The van der Waals surface area contributed by atoms with E-state index in [1.165, 1.54) is 5.56 Å². The molecule has 2 rings (SSSR count). The van der Waals surface area contributed by atoms with Crippen LogP contribution in [0, 0.1) is 6.92 Å². The summed E-state index contributed by atoms with van der Waals surface area (Å²) in [6.07, 6.45) is 0. The summed E-state index contributed by atoms with van der Waals surface area (Å²) in [5, 5.41) is 3.93. The van der Waals surface area contributed by atoms with Gasteiger partial charge in [0.05, 0.1) is 5.02 Å². The highest BCUT2D eigenvalue weighted by atomic mass is 35.5. The zero-order valence-electron chi connectivity index (χ0n) is 11.2. The highest BCUT2D eigenvalue weighted by Crippen LogP contribution is 2.30. The number of halogens is 1. The Balaban J connectivity index is 2.15. The van der Waals surface area contributed by atoms with E-state index in [0.717, 1.165) is 24.4 Å². The summed E-state index contributed by atoms with van der Waals surface area (Å²) in [5.41, 5.74) is 2.36. The Bertz CT molecular complexity index is 554. The van der Waals surface area contributed by atoms with E-state index >= 15 is 0 Å². The van der Waals surface area contributed by atoms with E-state index in [2.05, 4.69) is 24.4 Å². The predicted molar refractivity (Wildman–Crippen MR) is 80.1 cm³/mol. The van der Waals surface area contributed by atoms with E-state index in [9.17, 15) is 0 Å². The Kier molecular flexibility index (Phi) is 4.83. The largest absolute Gasteiger partial charge is 0.456 e. The number of hydrogen-bond donors (Lipinski definition) is 1. The molecule has 3 heteroatoms. The van der Waals surface area contributed by atoms with Crippen molar-refractivity contribution in [2.45, 2.75) is 20.4 Å². The van der Waals surface area contributed by atoms with E-state index < -0.39 is 0 Å².